The lowest BCUT2D eigenvalue weighted by molar-refractivity contribution is -0.124. The third kappa shape index (κ3) is 4.05. The number of ether oxygens (including phenoxy) is 1. The number of carbonyl (C=O) groups excluding carboxylic acids is 1. The summed E-state index contributed by atoms with van der Waals surface area (Å²) >= 11 is 0. The number of nitrogens with zero attached hydrogens (tertiary/aromatic N) is 4. The Bertz CT molecular complexity index is 725. The zero-order chi connectivity index (χ0) is 18.0. The standard InChI is InChI=1S/C16H24N6O3/c1-9(2)14-18-15(20-19-14)12-8-22(5-6-24-12)11(4)16(23)17-13-7-10(3)21-25-13/h7,9,11-12H,5-6,8H2,1-4H3,(H,17,23)(H,18,19,20)/t11-,12-/m1/s1. The number of nitrogens with one attached hydrogen (secondary N) is 2. The second kappa shape index (κ2) is 7.32. The largest absolute Gasteiger partial charge is 0.368 e. The van der Waals surface area contributed by atoms with Crippen molar-refractivity contribution in [3.8, 4) is 0 Å². The van der Waals surface area contributed by atoms with Crippen LogP contribution in [0.4, 0.5) is 5.88 Å². The molecule has 3 rings (SSSR count). The second-order valence-electron chi connectivity index (χ2n) is 6.59. The van der Waals surface area contributed by atoms with Crippen LogP contribution in [-0.2, 0) is 9.53 Å². The first kappa shape index (κ1) is 17.6. The van der Waals surface area contributed by atoms with E-state index in [0.717, 1.165) is 11.5 Å². The van der Waals surface area contributed by atoms with Crippen LogP contribution in [0.5, 0.6) is 0 Å². The Kier molecular flexibility index (Phi) is 5.14. The third-order valence-corrected chi connectivity index (χ3v) is 4.24. The fourth-order valence-electron chi connectivity index (χ4n) is 2.69. The van der Waals surface area contributed by atoms with Gasteiger partial charge in [-0.05, 0) is 13.8 Å². The number of aromatic amines is 1. The van der Waals surface area contributed by atoms with Gasteiger partial charge in [-0.15, -0.1) is 0 Å². The zero-order valence-corrected chi connectivity index (χ0v) is 14.9. The number of morpholine rings is 1. The number of carbonyl (C=O) groups is 1. The zero-order valence-electron chi connectivity index (χ0n) is 14.9. The van der Waals surface area contributed by atoms with E-state index in [1.54, 1.807) is 13.0 Å². The lowest BCUT2D eigenvalue weighted by Gasteiger charge is -2.35. The van der Waals surface area contributed by atoms with Crippen LogP contribution in [0.1, 0.15) is 50.1 Å². The molecule has 2 aromatic rings. The predicted octanol–water partition coefficient (Wildman–Crippen LogP) is 1.63. The molecule has 3 heterocycles. The van der Waals surface area contributed by atoms with Crippen molar-refractivity contribution in [3.63, 3.8) is 0 Å². The van der Waals surface area contributed by atoms with E-state index in [1.165, 1.54) is 0 Å². The first-order chi connectivity index (χ1) is 11.9. The lowest BCUT2D eigenvalue weighted by Crippen LogP contribution is -2.48. The Hall–Kier alpha value is -2.26. The minimum absolute atomic E-state index is 0.141. The molecule has 0 radical (unpaired) electrons. The third-order valence-electron chi connectivity index (χ3n) is 4.24. The van der Waals surface area contributed by atoms with E-state index >= 15 is 0 Å². The quantitative estimate of drug-likeness (QED) is 0.845. The molecule has 0 bridgehead atoms. The van der Waals surface area contributed by atoms with Crippen molar-refractivity contribution in [2.24, 2.45) is 0 Å². The van der Waals surface area contributed by atoms with E-state index in [0.29, 0.717) is 31.4 Å². The van der Waals surface area contributed by atoms with Crippen LogP contribution in [0.2, 0.25) is 0 Å². The molecule has 2 atom stereocenters. The van der Waals surface area contributed by atoms with Gasteiger partial charge in [0, 0.05) is 25.1 Å². The first-order valence-electron chi connectivity index (χ1n) is 8.46. The number of rotatable bonds is 5. The molecule has 1 aliphatic rings. The highest BCUT2D eigenvalue weighted by Gasteiger charge is 2.31. The average molecular weight is 348 g/mol. The predicted molar refractivity (Wildman–Crippen MR) is 90.1 cm³/mol. The van der Waals surface area contributed by atoms with Gasteiger partial charge in [-0.3, -0.25) is 20.1 Å². The fraction of sp³-hybridized carbons (Fsp3) is 0.625. The van der Waals surface area contributed by atoms with Gasteiger partial charge in [0.25, 0.3) is 0 Å². The molecule has 1 aliphatic heterocycles. The SMILES string of the molecule is Cc1cc(NC(=O)[C@@H](C)N2CCO[C@@H](c3nc(C(C)C)n[nH]3)C2)on1. The Morgan fingerprint density at radius 3 is 2.88 bits per heavy atom. The molecule has 9 nitrogen and oxygen atoms in total. The molecule has 2 aromatic heterocycles. The fourth-order valence-corrected chi connectivity index (χ4v) is 2.69. The highest BCUT2D eigenvalue weighted by Crippen LogP contribution is 2.22. The van der Waals surface area contributed by atoms with Gasteiger partial charge in [-0.1, -0.05) is 19.0 Å². The topological polar surface area (TPSA) is 109 Å². The van der Waals surface area contributed by atoms with Crippen molar-refractivity contribution in [1.29, 1.82) is 0 Å². The van der Waals surface area contributed by atoms with Gasteiger partial charge in [0.15, 0.2) is 11.6 Å². The Labute approximate surface area is 146 Å². The number of aromatic nitrogens is 4. The number of anilines is 1. The molecule has 0 unspecified atom stereocenters. The van der Waals surface area contributed by atoms with Gasteiger partial charge < -0.3 is 9.26 Å². The second-order valence-corrected chi connectivity index (χ2v) is 6.59. The van der Waals surface area contributed by atoms with Gasteiger partial charge in [-0.25, -0.2) is 4.98 Å². The molecule has 1 amide bonds. The van der Waals surface area contributed by atoms with Crippen molar-refractivity contribution < 1.29 is 14.1 Å². The number of amides is 1. The van der Waals surface area contributed by atoms with Crippen LogP contribution in [0, 0.1) is 6.92 Å². The summed E-state index contributed by atoms with van der Waals surface area (Å²) in [5, 5.41) is 13.7. The van der Waals surface area contributed by atoms with Crippen molar-refractivity contribution in [1.82, 2.24) is 25.2 Å². The lowest BCUT2D eigenvalue weighted by atomic mass is 10.2. The maximum atomic E-state index is 12.4. The number of hydrogen-bond donors (Lipinski definition) is 2. The van der Waals surface area contributed by atoms with Gasteiger partial charge >= 0.3 is 0 Å². The summed E-state index contributed by atoms with van der Waals surface area (Å²) in [7, 11) is 0. The van der Waals surface area contributed by atoms with E-state index in [2.05, 4.69) is 30.6 Å². The number of hydrogen-bond acceptors (Lipinski definition) is 7. The summed E-state index contributed by atoms with van der Waals surface area (Å²) in [5.41, 5.74) is 0.723. The molecule has 1 fully saturated rings. The molecular weight excluding hydrogens is 324 g/mol. The maximum Gasteiger partial charge on any atom is 0.243 e. The maximum absolute atomic E-state index is 12.4. The van der Waals surface area contributed by atoms with Gasteiger partial charge in [0.05, 0.1) is 18.3 Å². The van der Waals surface area contributed by atoms with Crippen molar-refractivity contribution in [2.45, 2.75) is 45.8 Å². The Morgan fingerprint density at radius 2 is 2.24 bits per heavy atom. The van der Waals surface area contributed by atoms with E-state index in [9.17, 15) is 4.79 Å². The van der Waals surface area contributed by atoms with E-state index in [4.69, 9.17) is 9.26 Å². The number of H-pyrrole nitrogens is 1. The minimum Gasteiger partial charge on any atom is -0.368 e. The number of aryl methyl sites for hydroxylation is 1. The van der Waals surface area contributed by atoms with Crippen molar-refractivity contribution in [3.05, 3.63) is 23.4 Å². The molecular formula is C16H24N6O3. The molecule has 2 N–H and O–H groups in total. The van der Waals surface area contributed by atoms with E-state index < -0.39 is 0 Å². The van der Waals surface area contributed by atoms with E-state index in [1.807, 2.05) is 20.8 Å². The van der Waals surface area contributed by atoms with Gasteiger partial charge in [0.2, 0.25) is 11.8 Å². The van der Waals surface area contributed by atoms with Crippen LogP contribution in [-0.4, -0.2) is 56.9 Å². The molecule has 136 valence electrons. The monoisotopic (exact) mass is 348 g/mol. The molecule has 25 heavy (non-hydrogen) atoms. The van der Waals surface area contributed by atoms with Crippen molar-refractivity contribution >= 4 is 11.8 Å². The highest BCUT2D eigenvalue weighted by atomic mass is 16.5. The molecule has 0 spiro atoms. The molecule has 0 aromatic carbocycles. The normalized spacial score (nSPS) is 20.0. The van der Waals surface area contributed by atoms with Crippen LogP contribution in [0.25, 0.3) is 0 Å². The molecule has 1 saturated heterocycles. The summed E-state index contributed by atoms with van der Waals surface area (Å²) in [5.74, 6) is 1.93. The summed E-state index contributed by atoms with van der Waals surface area (Å²) in [6.07, 6.45) is -0.225. The van der Waals surface area contributed by atoms with E-state index in [-0.39, 0.29) is 24.0 Å². The van der Waals surface area contributed by atoms with Crippen LogP contribution < -0.4 is 5.32 Å². The van der Waals surface area contributed by atoms with Crippen molar-refractivity contribution in [2.75, 3.05) is 25.0 Å². The summed E-state index contributed by atoms with van der Waals surface area (Å²) in [6.45, 7) is 9.51. The molecule has 0 aliphatic carbocycles. The Balaban J connectivity index is 1.62. The van der Waals surface area contributed by atoms with Crippen LogP contribution in [0.3, 0.4) is 0 Å². The minimum atomic E-state index is -0.329. The van der Waals surface area contributed by atoms with Gasteiger partial charge in [-0.2, -0.15) is 5.10 Å². The molecule has 9 heteroatoms. The average Bonchev–Trinajstić information content (AvgIpc) is 3.23. The highest BCUT2D eigenvalue weighted by molar-refractivity contribution is 5.93. The summed E-state index contributed by atoms with van der Waals surface area (Å²) in [6, 6.07) is 1.36. The molecule has 0 saturated carbocycles. The first-order valence-corrected chi connectivity index (χ1v) is 8.46. The Morgan fingerprint density at radius 1 is 1.44 bits per heavy atom. The summed E-state index contributed by atoms with van der Waals surface area (Å²) in [4.78, 5) is 19.0. The van der Waals surface area contributed by atoms with Crippen LogP contribution in [0.15, 0.2) is 10.6 Å². The summed E-state index contributed by atoms with van der Waals surface area (Å²) < 4.78 is 10.8. The van der Waals surface area contributed by atoms with Crippen LogP contribution >= 0.6 is 0 Å². The van der Waals surface area contributed by atoms with Gasteiger partial charge in [0.1, 0.15) is 6.10 Å². The smallest absolute Gasteiger partial charge is 0.243 e.